The van der Waals surface area contributed by atoms with Gasteiger partial charge in [0.2, 0.25) is 0 Å². The predicted octanol–water partition coefficient (Wildman–Crippen LogP) is 3.36. The van der Waals surface area contributed by atoms with E-state index in [1.807, 2.05) is 19.1 Å². The molecule has 21 heavy (non-hydrogen) atoms. The third-order valence-electron chi connectivity index (χ3n) is 2.97. The topological polar surface area (TPSA) is 28.2 Å². The Balaban J connectivity index is 2.55. The molecule has 1 heterocycles. The quantitative estimate of drug-likeness (QED) is 0.709. The van der Waals surface area contributed by atoms with Gasteiger partial charge in [-0.05, 0) is 37.6 Å². The van der Waals surface area contributed by atoms with Crippen LogP contribution in [0.15, 0.2) is 18.3 Å². The summed E-state index contributed by atoms with van der Waals surface area (Å²) in [5.74, 6) is 0. The Morgan fingerprint density at radius 3 is 2.48 bits per heavy atom. The fourth-order valence-corrected chi connectivity index (χ4v) is 2.08. The molecule has 0 bridgehead atoms. The zero-order valence-corrected chi connectivity index (χ0v) is 12.7. The van der Waals surface area contributed by atoms with E-state index in [9.17, 15) is 13.2 Å². The van der Waals surface area contributed by atoms with Gasteiger partial charge in [0, 0.05) is 19.3 Å². The number of rotatable bonds is 9. The highest BCUT2D eigenvalue weighted by Crippen LogP contribution is 2.18. The first-order chi connectivity index (χ1) is 9.94. The summed E-state index contributed by atoms with van der Waals surface area (Å²) in [6.07, 6.45) is -0.682. The normalized spacial score (nSPS) is 12.1. The molecule has 0 aromatic carbocycles. The molecule has 1 aromatic heterocycles. The molecular formula is C15H24F3N3. The first-order valence-electron chi connectivity index (χ1n) is 7.38. The number of alkyl halides is 3. The summed E-state index contributed by atoms with van der Waals surface area (Å²) in [5.41, 5.74) is 1.72. The highest BCUT2D eigenvalue weighted by atomic mass is 19.4. The van der Waals surface area contributed by atoms with E-state index >= 15 is 0 Å². The van der Waals surface area contributed by atoms with E-state index in [2.05, 4.69) is 17.2 Å². The monoisotopic (exact) mass is 303 g/mol. The molecule has 0 saturated heterocycles. The molecule has 1 N–H and O–H groups in total. The Hall–Kier alpha value is -1.14. The lowest BCUT2D eigenvalue weighted by Gasteiger charge is -2.22. The predicted molar refractivity (Wildman–Crippen MR) is 77.9 cm³/mol. The van der Waals surface area contributed by atoms with Crippen molar-refractivity contribution < 1.29 is 13.2 Å². The zero-order chi connectivity index (χ0) is 15.7. The van der Waals surface area contributed by atoms with Gasteiger partial charge in [0.15, 0.2) is 0 Å². The van der Waals surface area contributed by atoms with Crippen molar-refractivity contribution in [3.63, 3.8) is 0 Å². The maximum atomic E-state index is 12.5. The smallest absolute Gasteiger partial charge is 0.313 e. The molecule has 1 aromatic rings. The standard InChI is InChI=1S/C15H24F3N3/c1-3-7-19-9-13-5-6-14(20-10-13)11-21(8-4-2)12-15(16,17)18/h5-6,10,19H,3-4,7-9,11-12H2,1-2H3. The van der Waals surface area contributed by atoms with Crippen LogP contribution in [0.5, 0.6) is 0 Å². The van der Waals surface area contributed by atoms with E-state index in [1.165, 1.54) is 4.90 Å². The number of halogens is 3. The third-order valence-corrected chi connectivity index (χ3v) is 2.97. The SMILES string of the molecule is CCCNCc1ccc(CN(CCC)CC(F)(F)F)nc1. The molecule has 3 nitrogen and oxygen atoms in total. The summed E-state index contributed by atoms with van der Waals surface area (Å²) in [4.78, 5) is 5.65. The first kappa shape index (κ1) is 17.9. The van der Waals surface area contributed by atoms with Crippen LogP contribution >= 0.6 is 0 Å². The lowest BCUT2D eigenvalue weighted by Crippen LogP contribution is -2.34. The van der Waals surface area contributed by atoms with Gasteiger partial charge in [-0.2, -0.15) is 13.2 Å². The van der Waals surface area contributed by atoms with Crippen LogP contribution in [0, 0.1) is 0 Å². The summed E-state index contributed by atoms with van der Waals surface area (Å²) in [5, 5.41) is 3.26. The summed E-state index contributed by atoms with van der Waals surface area (Å²) in [6.45, 7) is 5.41. The van der Waals surface area contributed by atoms with Crippen LogP contribution in [0.1, 0.15) is 37.9 Å². The highest BCUT2D eigenvalue weighted by Gasteiger charge is 2.30. The number of hydrogen-bond donors (Lipinski definition) is 1. The number of aromatic nitrogens is 1. The fourth-order valence-electron chi connectivity index (χ4n) is 2.08. The molecule has 0 aliphatic heterocycles. The molecule has 0 aliphatic carbocycles. The second-order valence-corrected chi connectivity index (χ2v) is 5.16. The maximum Gasteiger partial charge on any atom is 0.401 e. The van der Waals surface area contributed by atoms with Crippen LogP contribution < -0.4 is 5.32 Å². The molecule has 0 radical (unpaired) electrons. The summed E-state index contributed by atoms with van der Waals surface area (Å²) in [7, 11) is 0. The Morgan fingerprint density at radius 2 is 1.95 bits per heavy atom. The largest absolute Gasteiger partial charge is 0.401 e. The average Bonchev–Trinajstić information content (AvgIpc) is 2.39. The minimum Gasteiger partial charge on any atom is -0.313 e. The van der Waals surface area contributed by atoms with E-state index < -0.39 is 12.7 Å². The molecular weight excluding hydrogens is 279 g/mol. The van der Waals surface area contributed by atoms with E-state index in [1.54, 1.807) is 6.20 Å². The molecule has 1 rings (SSSR count). The lowest BCUT2D eigenvalue weighted by atomic mass is 10.2. The van der Waals surface area contributed by atoms with Gasteiger partial charge in [-0.15, -0.1) is 0 Å². The molecule has 0 atom stereocenters. The minimum absolute atomic E-state index is 0.232. The van der Waals surface area contributed by atoms with Crippen LogP contribution in [-0.4, -0.2) is 35.7 Å². The molecule has 0 fully saturated rings. The van der Waals surface area contributed by atoms with Crippen molar-refractivity contribution in [1.82, 2.24) is 15.2 Å². The molecule has 120 valence electrons. The minimum atomic E-state index is -4.17. The van der Waals surface area contributed by atoms with Gasteiger partial charge < -0.3 is 5.32 Å². The molecule has 0 aliphatic rings. The Bertz CT molecular complexity index is 390. The third kappa shape index (κ3) is 8.02. The van der Waals surface area contributed by atoms with Crippen LogP contribution in [-0.2, 0) is 13.1 Å². The number of hydrogen-bond acceptors (Lipinski definition) is 3. The highest BCUT2D eigenvalue weighted by molar-refractivity contribution is 5.14. The number of pyridine rings is 1. The van der Waals surface area contributed by atoms with Gasteiger partial charge in [-0.25, -0.2) is 0 Å². The van der Waals surface area contributed by atoms with Crippen LogP contribution in [0.2, 0.25) is 0 Å². The number of nitrogens with zero attached hydrogens (tertiary/aromatic N) is 2. The van der Waals surface area contributed by atoms with E-state index in [-0.39, 0.29) is 6.54 Å². The first-order valence-corrected chi connectivity index (χ1v) is 7.38. The van der Waals surface area contributed by atoms with Gasteiger partial charge in [-0.3, -0.25) is 9.88 Å². The van der Waals surface area contributed by atoms with Crippen LogP contribution in [0.4, 0.5) is 13.2 Å². The Kier molecular flexibility index (Phi) is 7.67. The second-order valence-electron chi connectivity index (χ2n) is 5.16. The fraction of sp³-hybridized carbons (Fsp3) is 0.667. The molecule has 6 heteroatoms. The molecule has 0 amide bonds. The van der Waals surface area contributed by atoms with Crippen LogP contribution in [0.3, 0.4) is 0 Å². The zero-order valence-electron chi connectivity index (χ0n) is 12.7. The van der Waals surface area contributed by atoms with Gasteiger partial charge in [0.25, 0.3) is 0 Å². The van der Waals surface area contributed by atoms with Crippen molar-refractivity contribution in [3.8, 4) is 0 Å². The second kappa shape index (κ2) is 9.00. The van der Waals surface area contributed by atoms with Gasteiger partial charge in [0.1, 0.15) is 0 Å². The van der Waals surface area contributed by atoms with Crippen molar-refractivity contribution in [3.05, 3.63) is 29.6 Å². The van der Waals surface area contributed by atoms with Gasteiger partial charge >= 0.3 is 6.18 Å². The van der Waals surface area contributed by atoms with E-state index in [4.69, 9.17) is 0 Å². The average molecular weight is 303 g/mol. The van der Waals surface area contributed by atoms with Crippen LogP contribution in [0.25, 0.3) is 0 Å². The van der Waals surface area contributed by atoms with E-state index in [0.717, 1.165) is 25.1 Å². The van der Waals surface area contributed by atoms with Gasteiger partial charge in [0.05, 0.1) is 12.2 Å². The summed E-state index contributed by atoms with van der Waals surface area (Å²) in [6, 6.07) is 3.73. The van der Waals surface area contributed by atoms with Crippen molar-refractivity contribution >= 4 is 0 Å². The Labute approximate surface area is 124 Å². The summed E-state index contributed by atoms with van der Waals surface area (Å²) < 4.78 is 37.5. The maximum absolute atomic E-state index is 12.5. The molecule has 0 unspecified atom stereocenters. The summed E-state index contributed by atoms with van der Waals surface area (Å²) >= 11 is 0. The van der Waals surface area contributed by atoms with Crippen molar-refractivity contribution in [2.24, 2.45) is 0 Å². The number of nitrogens with one attached hydrogen (secondary N) is 1. The van der Waals surface area contributed by atoms with Crippen molar-refractivity contribution in [1.29, 1.82) is 0 Å². The molecule has 0 spiro atoms. The van der Waals surface area contributed by atoms with E-state index in [0.29, 0.717) is 18.7 Å². The lowest BCUT2D eigenvalue weighted by molar-refractivity contribution is -0.147. The molecule has 0 saturated carbocycles. The van der Waals surface area contributed by atoms with Crippen molar-refractivity contribution in [2.45, 2.75) is 46.0 Å². The Morgan fingerprint density at radius 1 is 1.19 bits per heavy atom. The van der Waals surface area contributed by atoms with Gasteiger partial charge in [-0.1, -0.05) is 19.9 Å². The van der Waals surface area contributed by atoms with Crippen molar-refractivity contribution in [2.75, 3.05) is 19.6 Å².